The van der Waals surface area contributed by atoms with Crippen molar-refractivity contribution in [2.24, 2.45) is 11.3 Å². The molecule has 0 bridgehead atoms. The van der Waals surface area contributed by atoms with Crippen molar-refractivity contribution in [3.05, 3.63) is 53.8 Å². The van der Waals surface area contributed by atoms with Crippen LogP contribution >= 0.6 is 0 Å². The molecular formula is C31H40FN3O3. The number of ether oxygens (including phenoxy) is 2. The van der Waals surface area contributed by atoms with Crippen molar-refractivity contribution in [2.45, 2.75) is 66.2 Å². The minimum Gasteiger partial charge on any atom is -0.488 e. The highest BCUT2D eigenvalue weighted by atomic mass is 19.1. The molecule has 0 aliphatic heterocycles. The van der Waals surface area contributed by atoms with E-state index >= 15 is 0 Å². The Kier molecular flexibility index (Phi) is 8.87. The van der Waals surface area contributed by atoms with Gasteiger partial charge in [-0.1, -0.05) is 83.3 Å². The highest BCUT2D eigenvalue weighted by molar-refractivity contribution is 5.92. The number of nitrogens with zero attached hydrogens (tertiary/aromatic N) is 2. The summed E-state index contributed by atoms with van der Waals surface area (Å²) in [6, 6.07) is 13.5. The van der Waals surface area contributed by atoms with E-state index in [1.807, 2.05) is 6.07 Å². The Morgan fingerprint density at radius 1 is 1.05 bits per heavy atom. The maximum atomic E-state index is 14.7. The molecule has 0 fully saturated rings. The number of rotatable bonds is 13. The van der Waals surface area contributed by atoms with Crippen molar-refractivity contribution in [1.29, 1.82) is 0 Å². The lowest BCUT2D eigenvalue weighted by atomic mass is 9.70. The van der Waals surface area contributed by atoms with Gasteiger partial charge in [0.1, 0.15) is 18.0 Å². The minimum absolute atomic E-state index is 0.150. The summed E-state index contributed by atoms with van der Waals surface area (Å²) < 4.78 is 30.7. The Balaban J connectivity index is 1.55. The van der Waals surface area contributed by atoms with Crippen LogP contribution in [0.15, 0.2) is 47.0 Å². The fourth-order valence-corrected chi connectivity index (χ4v) is 4.87. The number of H-pyrrole nitrogens is 1. The lowest BCUT2D eigenvalue weighted by Gasteiger charge is -2.35. The molecule has 0 amide bonds. The maximum Gasteiger partial charge on any atom is 0.188 e. The summed E-state index contributed by atoms with van der Waals surface area (Å²) in [4.78, 5) is 0. The van der Waals surface area contributed by atoms with Crippen LogP contribution in [-0.2, 0) is 4.74 Å². The smallest absolute Gasteiger partial charge is 0.188 e. The normalized spacial score (nSPS) is 13.7. The van der Waals surface area contributed by atoms with Crippen molar-refractivity contribution < 1.29 is 18.4 Å². The first-order valence-corrected chi connectivity index (χ1v) is 13.6. The second-order valence-electron chi connectivity index (χ2n) is 10.9. The van der Waals surface area contributed by atoms with Crippen LogP contribution in [0.25, 0.3) is 33.6 Å². The first-order chi connectivity index (χ1) is 18.3. The SMILES string of the molecule is CCC(C)CCC(c1ccc(-c2cc(-c3n[nH]c4cc(OCCOC)c(F)cc34)on2)cc1)C(C)(C)CC. The number of benzene rings is 2. The Hall–Kier alpha value is -3.19. The zero-order valence-corrected chi connectivity index (χ0v) is 23.4. The summed E-state index contributed by atoms with van der Waals surface area (Å²) in [5.74, 6) is 1.39. The summed E-state index contributed by atoms with van der Waals surface area (Å²) in [6.45, 7) is 12.3. The molecule has 204 valence electrons. The molecule has 0 saturated carbocycles. The average Bonchev–Trinajstić information content (AvgIpc) is 3.56. The molecule has 0 aliphatic rings. The van der Waals surface area contributed by atoms with Gasteiger partial charge in [-0.05, 0) is 35.3 Å². The molecule has 0 aliphatic carbocycles. The Bertz CT molecular complexity index is 1330. The van der Waals surface area contributed by atoms with E-state index in [2.05, 4.69) is 74.2 Å². The van der Waals surface area contributed by atoms with Crippen molar-refractivity contribution >= 4 is 10.9 Å². The number of hydrogen-bond donors (Lipinski definition) is 1. The van der Waals surface area contributed by atoms with Crippen LogP contribution in [0, 0.1) is 17.2 Å². The Morgan fingerprint density at radius 2 is 1.82 bits per heavy atom. The summed E-state index contributed by atoms with van der Waals surface area (Å²) in [6.07, 6.45) is 4.77. The van der Waals surface area contributed by atoms with Gasteiger partial charge in [-0.15, -0.1) is 0 Å². The quantitative estimate of drug-likeness (QED) is 0.179. The molecule has 2 atom stereocenters. The standard InChI is InChI=1S/C31H40FN3O3/c1-7-20(3)9-14-24(31(4,5)8-2)21-10-12-22(13-11-21)26-18-29(38-35-26)30-23-17-25(32)28(37-16-15-36-6)19-27(23)33-34-30/h10-13,17-20,24H,7-9,14-16H2,1-6H3,(H,33,34). The van der Waals surface area contributed by atoms with Crippen molar-refractivity contribution in [2.75, 3.05) is 20.3 Å². The summed E-state index contributed by atoms with van der Waals surface area (Å²) in [5.41, 5.74) is 4.43. The Labute approximate surface area is 224 Å². The van der Waals surface area contributed by atoms with Gasteiger partial charge < -0.3 is 14.0 Å². The first-order valence-electron chi connectivity index (χ1n) is 13.6. The van der Waals surface area contributed by atoms with Gasteiger partial charge in [-0.3, -0.25) is 5.10 Å². The van der Waals surface area contributed by atoms with Gasteiger partial charge in [0.05, 0.1) is 12.1 Å². The van der Waals surface area contributed by atoms with Crippen LogP contribution in [0.5, 0.6) is 5.75 Å². The molecule has 6 nitrogen and oxygen atoms in total. The van der Waals surface area contributed by atoms with Gasteiger partial charge in [-0.2, -0.15) is 5.10 Å². The molecule has 4 aromatic rings. The van der Waals surface area contributed by atoms with E-state index in [0.717, 1.165) is 17.9 Å². The van der Waals surface area contributed by atoms with E-state index < -0.39 is 5.82 Å². The number of nitrogens with one attached hydrogen (secondary N) is 1. The molecule has 0 radical (unpaired) electrons. The third-order valence-corrected chi connectivity index (χ3v) is 8.01. The Morgan fingerprint density at radius 3 is 2.50 bits per heavy atom. The number of halogens is 1. The monoisotopic (exact) mass is 521 g/mol. The topological polar surface area (TPSA) is 73.2 Å². The van der Waals surface area contributed by atoms with Gasteiger partial charge >= 0.3 is 0 Å². The minimum atomic E-state index is -0.468. The predicted molar refractivity (Wildman–Crippen MR) is 150 cm³/mol. The number of aromatic amines is 1. The van der Waals surface area contributed by atoms with E-state index in [1.165, 1.54) is 30.9 Å². The van der Waals surface area contributed by atoms with E-state index in [-0.39, 0.29) is 17.8 Å². The zero-order chi connectivity index (χ0) is 27.3. The van der Waals surface area contributed by atoms with Crippen LogP contribution in [-0.4, -0.2) is 35.7 Å². The third-order valence-electron chi connectivity index (χ3n) is 8.01. The maximum absolute atomic E-state index is 14.7. The number of hydrogen-bond acceptors (Lipinski definition) is 5. The van der Waals surface area contributed by atoms with Crippen molar-refractivity contribution in [3.8, 4) is 28.5 Å². The highest BCUT2D eigenvalue weighted by Crippen LogP contribution is 2.43. The van der Waals surface area contributed by atoms with E-state index in [4.69, 9.17) is 14.0 Å². The molecule has 2 aromatic heterocycles. The summed E-state index contributed by atoms with van der Waals surface area (Å²) in [5, 5.41) is 12.2. The van der Waals surface area contributed by atoms with Crippen LogP contribution in [0.2, 0.25) is 0 Å². The second-order valence-corrected chi connectivity index (χ2v) is 10.9. The average molecular weight is 522 g/mol. The molecule has 2 aromatic carbocycles. The summed E-state index contributed by atoms with van der Waals surface area (Å²) in [7, 11) is 1.57. The highest BCUT2D eigenvalue weighted by Gasteiger charge is 2.29. The largest absolute Gasteiger partial charge is 0.488 e. The van der Waals surface area contributed by atoms with E-state index in [0.29, 0.717) is 40.6 Å². The molecule has 4 rings (SSSR count). The lowest BCUT2D eigenvalue weighted by molar-refractivity contribution is 0.144. The van der Waals surface area contributed by atoms with Gasteiger partial charge in [0.25, 0.3) is 0 Å². The first kappa shape index (κ1) is 27.8. The molecule has 2 heterocycles. The zero-order valence-electron chi connectivity index (χ0n) is 23.4. The lowest BCUT2D eigenvalue weighted by Crippen LogP contribution is -2.22. The predicted octanol–water partition coefficient (Wildman–Crippen LogP) is 8.40. The molecule has 2 unspecified atom stereocenters. The number of fused-ring (bicyclic) bond motifs is 1. The van der Waals surface area contributed by atoms with Crippen LogP contribution in [0.4, 0.5) is 4.39 Å². The molecule has 38 heavy (non-hydrogen) atoms. The molecule has 0 saturated heterocycles. The molecule has 1 N–H and O–H groups in total. The summed E-state index contributed by atoms with van der Waals surface area (Å²) >= 11 is 0. The van der Waals surface area contributed by atoms with Crippen LogP contribution < -0.4 is 4.74 Å². The van der Waals surface area contributed by atoms with Gasteiger partial charge in [0.15, 0.2) is 17.3 Å². The van der Waals surface area contributed by atoms with Gasteiger partial charge in [0.2, 0.25) is 0 Å². The van der Waals surface area contributed by atoms with Crippen molar-refractivity contribution in [3.63, 3.8) is 0 Å². The molecular weight excluding hydrogens is 481 g/mol. The number of methoxy groups -OCH3 is 1. The van der Waals surface area contributed by atoms with Gasteiger partial charge in [0, 0.05) is 30.2 Å². The molecule has 0 spiro atoms. The van der Waals surface area contributed by atoms with E-state index in [9.17, 15) is 4.39 Å². The van der Waals surface area contributed by atoms with Crippen LogP contribution in [0.3, 0.4) is 0 Å². The fraction of sp³-hybridized carbons (Fsp3) is 0.484. The van der Waals surface area contributed by atoms with Crippen LogP contribution in [0.1, 0.15) is 71.8 Å². The van der Waals surface area contributed by atoms with Crippen molar-refractivity contribution in [1.82, 2.24) is 15.4 Å². The second kappa shape index (κ2) is 12.1. The van der Waals surface area contributed by atoms with Gasteiger partial charge in [-0.25, -0.2) is 4.39 Å². The third kappa shape index (κ3) is 6.09. The molecule has 7 heteroatoms. The van der Waals surface area contributed by atoms with E-state index in [1.54, 1.807) is 13.2 Å². The number of aromatic nitrogens is 3. The fourth-order valence-electron chi connectivity index (χ4n) is 4.87.